The van der Waals surface area contributed by atoms with Crippen LogP contribution in [0.3, 0.4) is 0 Å². The molecule has 0 unspecified atom stereocenters. The van der Waals surface area contributed by atoms with Gasteiger partial charge >= 0.3 is 6.03 Å². The van der Waals surface area contributed by atoms with E-state index in [1.165, 1.54) is 11.8 Å². The molecular weight excluding hydrogens is 372 g/mol. The van der Waals surface area contributed by atoms with Gasteiger partial charge in [0, 0.05) is 11.4 Å². The van der Waals surface area contributed by atoms with Crippen molar-refractivity contribution in [2.24, 2.45) is 0 Å². The molecule has 1 aromatic carbocycles. The number of nitriles is 1. The molecule has 2 aromatic rings. The quantitative estimate of drug-likeness (QED) is 0.767. The molecule has 0 fully saturated rings. The Morgan fingerprint density at radius 1 is 1.21 bits per heavy atom. The maximum absolute atomic E-state index is 12.1. The summed E-state index contributed by atoms with van der Waals surface area (Å²) in [5.41, 5.74) is 5.31. The summed E-state index contributed by atoms with van der Waals surface area (Å²) in [5.74, 6) is -0.420. The molecule has 0 spiro atoms. The highest BCUT2D eigenvalue weighted by molar-refractivity contribution is 8.00. The maximum Gasteiger partial charge on any atom is 0.325 e. The number of nitrogens with zero attached hydrogens (tertiary/aromatic N) is 2. The highest BCUT2D eigenvalue weighted by atomic mass is 32.2. The molecule has 2 N–H and O–H groups in total. The number of urea groups is 1. The molecule has 3 rings (SSSR count). The first-order valence-electron chi connectivity index (χ1n) is 9.20. The number of nitrogens with one attached hydrogen (secondary N) is 2. The molecular formula is C21H22N4O2S. The van der Waals surface area contributed by atoms with E-state index >= 15 is 0 Å². The second kappa shape index (κ2) is 8.89. The van der Waals surface area contributed by atoms with E-state index in [1.807, 2.05) is 32.0 Å². The highest BCUT2D eigenvalue weighted by Gasteiger charge is 2.17. The van der Waals surface area contributed by atoms with Crippen molar-refractivity contribution in [2.45, 2.75) is 44.6 Å². The van der Waals surface area contributed by atoms with Crippen LogP contribution in [0.25, 0.3) is 0 Å². The Labute approximate surface area is 168 Å². The average molecular weight is 395 g/mol. The van der Waals surface area contributed by atoms with Crippen molar-refractivity contribution in [3.05, 3.63) is 52.2 Å². The molecule has 0 saturated heterocycles. The molecule has 0 radical (unpaired) electrons. The summed E-state index contributed by atoms with van der Waals surface area (Å²) in [4.78, 5) is 28.8. The number of benzene rings is 1. The molecule has 144 valence electrons. The minimum atomic E-state index is -0.573. The number of carbonyl (C=O) groups is 2. The molecule has 1 aliphatic carbocycles. The summed E-state index contributed by atoms with van der Waals surface area (Å²) in [6, 6.07) is 9.13. The van der Waals surface area contributed by atoms with Crippen LogP contribution in [0.1, 0.15) is 40.8 Å². The van der Waals surface area contributed by atoms with Gasteiger partial charge in [-0.3, -0.25) is 10.1 Å². The second-order valence-electron chi connectivity index (χ2n) is 6.88. The zero-order valence-electron chi connectivity index (χ0n) is 16.0. The Kier molecular flexibility index (Phi) is 6.32. The molecule has 3 amide bonds. The van der Waals surface area contributed by atoms with E-state index < -0.39 is 11.9 Å². The number of amides is 3. The standard InChI is InChI=1S/C21H22N4O2S/c1-13-7-8-17(14(2)9-13)24-21(27)25-19(26)12-28-20-16(11-22)10-15-5-3-4-6-18(15)23-20/h7-10H,3-6,12H2,1-2H3,(H2,24,25,26,27). The van der Waals surface area contributed by atoms with Gasteiger partial charge in [-0.15, -0.1) is 0 Å². The van der Waals surface area contributed by atoms with Gasteiger partial charge in [0.15, 0.2) is 0 Å². The second-order valence-corrected chi connectivity index (χ2v) is 7.84. The van der Waals surface area contributed by atoms with Gasteiger partial charge in [-0.2, -0.15) is 5.26 Å². The van der Waals surface area contributed by atoms with Gasteiger partial charge in [-0.05, 0) is 62.8 Å². The van der Waals surface area contributed by atoms with Gasteiger partial charge in [-0.25, -0.2) is 9.78 Å². The number of hydrogen-bond acceptors (Lipinski definition) is 5. The van der Waals surface area contributed by atoms with Crippen LogP contribution in [0.15, 0.2) is 29.3 Å². The molecule has 7 heteroatoms. The lowest BCUT2D eigenvalue weighted by Crippen LogP contribution is -2.35. The largest absolute Gasteiger partial charge is 0.325 e. The number of carbonyl (C=O) groups excluding carboxylic acids is 2. The normalized spacial score (nSPS) is 12.6. The molecule has 1 aromatic heterocycles. The van der Waals surface area contributed by atoms with Crippen LogP contribution in [0.2, 0.25) is 0 Å². The number of pyridine rings is 1. The van der Waals surface area contributed by atoms with Gasteiger partial charge < -0.3 is 5.32 Å². The topological polar surface area (TPSA) is 94.9 Å². The summed E-state index contributed by atoms with van der Waals surface area (Å²) in [6.07, 6.45) is 4.05. The van der Waals surface area contributed by atoms with E-state index in [9.17, 15) is 14.9 Å². The zero-order valence-corrected chi connectivity index (χ0v) is 16.8. The van der Waals surface area contributed by atoms with Crippen molar-refractivity contribution in [1.82, 2.24) is 10.3 Å². The lowest BCUT2D eigenvalue weighted by molar-refractivity contribution is -0.117. The minimum Gasteiger partial charge on any atom is -0.307 e. The zero-order chi connectivity index (χ0) is 20.1. The Bertz CT molecular complexity index is 966. The van der Waals surface area contributed by atoms with E-state index in [0.717, 1.165) is 48.1 Å². The van der Waals surface area contributed by atoms with Crippen molar-refractivity contribution < 1.29 is 9.59 Å². The molecule has 1 aliphatic rings. The molecule has 0 aliphatic heterocycles. The van der Waals surface area contributed by atoms with E-state index in [-0.39, 0.29) is 5.75 Å². The number of anilines is 1. The number of aromatic nitrogens is 1. The Morgan fingerprint density at radius 2 is 2.00 bits per heavy atom. The molecule has 0 saturated carbocycles. The third-order valence-corrected chi connectivity index (χ3v) is 5.60. The summed E-state index contributed by atoms with van der Waals surface area (Å²) in [7, 11) is 0. The van der Waals surface area contributed by atoms with Gasteiger partial charge in [0.1, 0.15) is 11.1 Å². The van der Waals surface area contributed by atoms with E-state index in [1.54, 1.807) is 6.07 Å². The highest BCUT2D eigenvalue weighted by Crippen LogP contribution is 2.27. The number of aryl methyl sites for hydroxylation is 4. The van der Waals surface area contributed by atoms with Crippen molar-refractivity contribution in [3.8, 4) is 6.07 Å². The van der Waals surface area contributed by atoms with E-state index in [0.29, 0.717) is 16.3 Å². The van der Waals surface area contributed by atoms with Gasteiger partial charge in [-0.1, -0.05) is 29.5 Å². The number of fused-ring (bicyclic) bond motifs is 1. The summed E-state index contributed by atoms with van der Waals surface area (Å²) in [6.45, 7) is 3.87. The summed E-state index contributed by atoms with van der Waals surface area (Å²) >= 11 is 1.18. The number of thioether (sulfide) groups is 1. The first kappa shape index (κ1) is 19.9. The van der Waals surface area contributed by atoms with Crippen LogP contribution in [0, 0.1) is 25.2 Å². The van der Waals surface area contributed by atoms with Crippen LogP contribution >= 0.6 is 11.8 Å². The van der Waals surface area contributed by atoms with Crippen molar-refractivity contribution >= 4 is 29.4 Å². The molecule has 0 bridgehead atoms. The number of rotatable bonds is 4. The Morgan fingerprint density at radius 3 is 2.75 bits per heavy atom. The summed E-state index contributed by atoms with van der Waals surface area (Å²) in [5, 5.41) is 14.9. The lowest BCUT2D eigenvalue weighted by atomic mass is 9.95. The number of hydrogen-bond donors (Lipinski definition) is 2. The fourth-order valence-electron chi connectivity index (χ4n) is 3.21. The third-order valence-electron chi connectivity index (χ3n) is 4.61. The van der Waals surface area contributed by atoms with Crippen LogP contribution in [-0.4, -0.2) is 22.7 Å². The molecule has 1 heterocycles. The molecule has 6 nitrogen and oxygen atoms in total. The summed E-state index contributed by atoms with van der Waals surface area (Å²) < 4.78 is 0. The SMILES string of the molecule is Cc1ccc(NC(=O)NC(=O)CSc2nc3c(cc2C#N)CCCC3)c(C)c1. The fourth-order valence-corrected chi connectivity index (χ4v) is 3.98. The smallest absolute Gasteiger partial charge is 0.307 e. The van der Waals surface area contributed by atoms with Crippen molar-refractivity contribution in [3.63, 3.8) is 0 Å². The molecule has 28 heavy (non-hydrogen) atoms. The van der Waals surface area contributed by atoms with E-state index in [4.69, 9.17) is 0 Å². The van der Waals surface area contributed by atoms with Gasteiger partial charge in [0.2, 0.25) is 5.91 Å². The predicted molar refractivity (Wildman–Crippen MR) is 109 cm³/mol. The van der Waals surface area contributed by atoms with Crippen LogP contribution in [0.4, 0.5) is 10.5 Å². The maximum atomic E-state index is 12.1. The van der Waals surface area contributed by atoms with Crippen LogP contribution < -0.4 is 10.6 Å². The minimum absolute atomic E-state index is 0.0146. The monoisotopic (exact) mass is 394 g/mol. The van der Waals surface area contributed by atoms with Crippen LogP contribution in [-0.2, 0) is 17.6 Å². The fraction of sp³-hybridized carbons (Fsp3) is 0.333. The Hall–Kier alpha value is -2.85. The van der Waals surface area contributed by atoms with Crippen molar-refractivity contribution in [2.75, 3.05) is 11.1 Å². The average Bonchev–Trinajstić information content (AvgIpc) is 2.67. The van der Waals surface area contributed by atoms with Gasteiger partial charge in [0.05, 0.1) is 11.3 Å². The lowest BCUT2D eigenvalue weighted by Gasteiger charge is -2.16. The van der Waals surface area contributed by atoms with Gasteiger partial charge in [0.25, 0.3) is 0 Å². The van der Waals surface area contributed by atoms with Crippen molar-refractivity contribution in [1.29, 1.82) is 5.26 Å². The predicted octanol–water partition coefficient (Wildman–Crippen LogP) is 3.89. The third kappa shape index (κ3) is 4.90. The first-order chi connectivity index (χ1) is 13.5. The number of imide groups is 1. The van der Waals surface area contributed by atoms with E-state index in [2.05, 4.69) is 21.7 Å². The van der Waals surface area contributed by atoms with Crippen LogP contribution in [0.5, 0.6) is 0 Å². The molecule has 0 atom stereocenters. The first-order valence-corrected chi connectivity index (χ1v) is 10.2. The Balaban J connectivity index is 1.58.